The highest BCUT2D eigenvalue weighted by Crippen LogP contribution is 2.24. The van der Waals surface area contributed by atoms with Crippen molar-refractivity contribution in [2.45, 2.75) is 13.0 Å². The minimum Gasteiger partial charge on any atom is -0.497 e. The summed E-state index contributed by atoms with van der Waals surface area (Å²) in [6, 6.07) is 10.3. The first kappa shape index (κ1) is 23.6. The van der Waals surface area contributed by atoms with Crippen LogP contribution in [0.25, 0.3) is 0 Å². The predicted molar refractivity (Wildman–Crippen MR) is 137 cm³/mol. The van der Waals surface area contributed by atoms with Crippen LogP contribution in [-0.4, -0.2) is 75.1 Å². The molecular formula is C22H30IN5O2S. The summed E-state index contributed by atoms with van der Waals surface area (Å²) >= 11 is 1.79. The lowest BCUT2D eigenvalue weighted by Crippen LogP contribution is -2.54. The lowest BCUT2D eigenvalue weighted by molar-refractivity contribution is -0.130. The molecule has 0 saturated carbocycles. The van der Waals surface area contributed by atoms with Crippen molar-refractivity contribution in [2.24, 2.45) is 4.99 Å². The van der Waals surface area contributed by atoms with Crippen LogP contribution in [0.5, 0.6) is 5.75 Å². The van der Waals surface area contributed by atoms with E-state index < -0.39 is 0 Å². The molecule has 2 aromatic rings. The van der Waals surface area contributed by atoms with Gasteiger partial charge in [0.2, 0.25) is 5.91 Å². The van der Waals surface area contributed by atoms with E-state index in [1.54, 1.807) is 25.5 Å². The van der Waals surface area contributed by atoms with Gasteiger partial charge in [-0.1, -0.05) is 6.07 Å². The molecule has 7 nitrogen and oxygen atoms in total. The predicted octanol–water partition coefficient (Wildman–Crippen LogP) is 2.66. The maximum atomic E-state index is 12.7. The Balaban J connectivity index is 0.00000272. The van der Waals surface area contributed by atoms with Gasteiger partial charge in [-0.25, -0.2) is 0 Å². The number of thiophene rings is 1. The summed E-state index contributed by atoms with van der Waals surface area (Å²) in [6.07, 6.45) is 0.958. The first-order chi connectivity index (χ1) is 14.7. The molecule has 0 atom stereocenters. The van der Waals surface area contributed by atoms with Gasteiger partial charge in [-0.05, 0) is 35.6 Å². The highest BCUT2D eigenvalue weighted by molar-refractivity contribution is 14.0. The number of anilines is 1. The molecule has 2 aliphatic heterocycles. The molecule has 1 saturated heterocycles. The van der Waals surface area contributed by atoms with Gasteiger partial charge in [0, 0.05) is 62.9 Å². The van der Waals surface area contributed by atoms with Gasteiger partial charge < -0.3 is 24.8 Å². The van der Waals surface area contributed by atoms with Gasteiger partial charge in [0.05, 0.1) is 13.7 Å². The van der Waals surface area contributed by atoms with E-state index in [9.17, 15) is 4.79 Å². The maximum Gasteiger partial charge on any atom is 0.242 e. The number of carbonyl (C=O) groups is 1. The average molecular weight is 555 g/mol. The zero-order valence-corrected chi connectivity index (χ0v) is 21.2. The van der Waals surface area contributed by atoms with E-state index in [1.807, 2.05) is 17.0 Å². The second kappa shape index (κ2) is 11.0. The molecule has 9 heteroatoms. The number of ether oxygens (including phenoxy) is 1. The van der Waals surface area contributed by atoms with E-state index in [0.29, 0.717) is 0 Å². The number of piperazine rings is 1. The second-order valence-corrected chi connectivity index (χ2v) is 8.51. The normalized spacial score (nSPS) is 16.5. The minimum absolute atomic E-state index is 0. The van der Waals surface area contributed by atoms with E-state index in [4.69, 9.17) is 4.74 Å². The molecule has 168 valence electrons. The van der Waals surface area contributed by atoms with Crippen LogP contribution in [-0.2, 0) is 17.8 Å². The fourth-order valence-corrected chi connectivity index (χ4v) is 4.93. The van der Waals surface area contributed by atoms with Crippen molar-refractivity contribution in [1.29, 1.82) is 0 Å². The molecule has 1 fully saturated rings. The highest BCUT2D eigenvalue weighted by atomic mass is 127. The number of guanidine groups is 1. The van der Waals surface area contributed by atoms with Crippen molar-refractivity contribution in [3.8, 4) is 5.75 Å². The second-order valence-electron chi connectivity index (χ2n) is 7.51. The number of nitrogens with one attached hydrogen (secondary N) is 1. The van der Waals surface area contributed by atoms with Crippen LogP contribution >= 0.6 is 35.3 Å². The molecule has 1 aromatic heterocycles. The van der Waals surface area contributed by atoms with E-state index in [2.05, 4.69) is 43.7 Å². The number of hydrogen-bond acceptors (Lipinski definition) is 5. The fourth-order valence-electron chi connectivity index (χ4n) is 4.04. The highest BCUT2D eigenvalue weighted by Gasteiger charge is 2.23. The van der Waals surface area contributed by atoms with E-state index >= 15 is 0 Å². The lowest BCUT2D eigenvalue weighted by atomic mass is 10.1. The number of fused-ring (bicyclic) bond motifs is 1. The summed E-state index contributed by atoms with van der Waals surface area (Å²) in [6.45, 7) is 5.30. The molecule has 31 heavy (non-hydrogen) atoms. The van der Waals surface area contributed by atoms with Gasteiger partial charge in [-0.15, -0.1) is 35.3 Å². The Morgan fingerprint density at radius 2 is 1.97 bits per heavy atom. The summed E-state index contributed by atoms with van der Waals surface area (Å²) < 4.78 is 5.34. The number of hydrogen-bond donors (Lipinski definition) is 1. The Morgan fingerprint density at radius 3 is 2.71 bits per heavy atom. The number of carbonyl (C=O) groups excluding carboxylic acids is 1. The Bertz CT molecular complexity index is 911. The van der Waals surface area contributed by atoms with Gasteiger partial charge >= 0.3 is 0 Å². The zero-order chi connectivity index (χ0) is 20.9. The van der Waals surface area contributed by atoms with Gasteiger partial charge in [0.25, 0.3) is 0 Å². The molecule has 0 radical (unpaired) electrons. The summed E-state index contributed by atoms with van der Waals surface area (Å²) in [5.41, 5.74) is 2.46. The van der Waals surface area contributed by atoms with Gasteiger partial charge in [-0.3, -0.25) is 9.79 Å². The van der Waals surface area contributed by atoms with Crippen LogP contribution < -0.4 is 15.0 Å². The number of amides is 1. The van der Waals surface area contributed by atoms with Crippen LogP contribution in [0.1, 0.15) is 10.4 Å². The summed E-state index contributed by atoms with van der Waals surface area (Å²) in [5, 5.41) is 5.39. The summed E-state index contributed by atoms with van der Waals surface area (Å²) in [4.78, 5) is 25.0. The molecule has 3 heterocycles. The third-order valence-corrected chi connectivity index (χ3v) is 6.79. The topological polar surface area (TPSA) is 60.4 Å². The molecular weight excluding hydrogens is 525 g/mol. The van der Waals surface area contributed by atoms with Crippen LogP contribution in [0.4, 0.5) is 5.69 Å². The standard InChI is InChI=1S/C22H29N5O2S.HI/c1-23-22(24-15-21(28)27-8-6-20-17(16-27)7-13-30-20)26-11-9-25(10-12-26)18-4-3-5-19(14-18)29-2;/h3-5,7,13-14H,6,8-12,15-16H2,1-2H3,(H,23,24);1H. The molecule has 1 amide bonds. The van der Waals surface area contributed by atoms with Crippen molar-refractivity contribution in [3.63, 3.8) is 0 Å². The fraction of sp³-hybridized carbons (Fsp3) is 0.455. The first-order valence-electron chi connectivity index (χ1n) is 10.4. The molecule has 4 rings (SSSR count). The first-order valence-corrected chi connectivity index (χ1v) is 11.2. The molecule has 0 spiro atoms. The van der Waals surface area contributed by atoms with Gasteiger partial charge in [0.15, 0.2) is 5.96 Å². The SMILES string of the molecule is CN=C(NCC(=O)N1CCc2sccc2C1)N1CCN(c2cccc(OC)c2)CC1.I. The van der Waals surface area contributed by atoms with Gasteiger partial charge in [0.1, 0.15) is 5.75 Å². The number of methoxy groups -OCH3 is 1. The monoisotopic (exact) mass is 555 g/mol. The number of halogens is 1. The third-order valence-electron chi connectivity index (χ3n) is 5.77. The van der Waals surface area contributed by atoms with Crippen molar-refractivity contribution in [2.75, 3.05) is 58.3 Å². The Morgan fingerprint density at radius 1 is 1.16 bits per heavy atom. The minimum atomic E-state index is 0. The van der Waals surface area contributed by atoms with Crippen molar-refractivity contribution >= 4 is 52.9 Å². The van der Waals surface area contributed by atoms with Crippen LogP contribution in [0.3, 0.4) is 0 Å². The average Bonchev–Trinajstić information content (AvgIpc) is 3.28. The van der Waals surface area contributed by atoms with Crippen LogP contribution in [0.15, 0.2) is 40.7 Å². The number of nitrogens with zero attached hydrogens (tertiary/aromatic N) is 4. The maximum absolute atomic E-state index is 12.7. The largest absolute Gasteiger partial charge is 0.497 e. The Hall–Kier alpha value is -2.01. The number of aliphatic imine (C=N–C) groups is 1. The number of rotatable bonds is 4. The van der Waals surface area contributed by atoms with Gasteiger partial charge in [-0.2, -0.15) is 0 Å². The van der Waals surface area contributed by atoms with Crippen LogP contribution in [0.2, 0.25) is 0 Å². The van der Waals surface area contributed by atoms with Crippen molar-refractivity contribution in [1.82, 2.24) is 15.1 Å². The van der Waals surface area contributed by atoms with E-state index in [-0.39, 0.29) is 36.4 Å². The molecule has 0 unspecified atom stereocenters. The lowest BCUT2D eigenvalue weighted by Gasteiger charge is -2.38. The molecule has 2 aliphatic rings. The van der Waals surface area contributed by atoms with Crippen LogP contribution in [0, 0.1) is 0 Å². The number of benzene rings is 1. The molecule has 0 aliphatic carbocycles. The van der Waals surface area contributed by atoms with E-state index in [0.717, 1.165) is 57.4 Å². The van der Waals surface area contributed by atoms with Crippen molar-refractivity contribution in [3.05, 3.63) is 46.2 Å². The Kier molecular flexibility index (Phi) is 8.42. The van der Waals surface area contributed by atoms with E-state index in [1.165, 1.54) is 16.1 Å². The molecule has 1 aromatic carbocycles. The molecule has 1 N–H and O–H groups in total. The zero-order valence-electron chi connectivity index (χ0n) is 18.0. The summed E-state index contributed by atoms with van der Waals surface area (Å²) in [5.74, 6) is 1.79. The third kappa shape index (κ3) is 5.62. The summed E-state index contributed by atoms with van der Waals surface area (Å²) in [7, 11) is 3.47. The quantitative estimate of drug-likeness (QED) is 0.357. The van der Waals surface area contributed by atoms with Crippen molar-refractivity contribution < 1.29 is 9.53 Å². The smallest absolute Gasteiger partial charge is 0.242 e. The molecule has 0 bridgehead atoms. The Labute approximate surface area is 205 Å².